The van der Waals surface area contributed by atoms with Crippen LogP contribution in [-0.2, 0) is 12.8 Å². The van der Waals surface area contributed by atoms with Crippen LogP contribution in [0.15, 0.2) is 40.9 Å². The number of carbonyl (C=O) groups is 1. The van der Waals surface area contributed by atoms with Crippen LogP contribution in [-0.4, -0.2) is 40.3 Å². The van der Waals surface area contributed by atoms with Gasteiger partial charge >= 0.3 is 6.03 Å². The molecule has 3 aromatic rings. The summed E-state index contributed by atoms with van der Waals surface area (Å²) in [6, 6.07) is 13.5. The van der Waals surface area contributed by atoms with Gasteiger partial charge in [-0.1, -0.05) is 23.4 Å². The maximum absolute atomic E-state index is 10.5. The molecule has 1 aliphatic heterocycles. The molecule has 182 valence electrons. The molecule has 0 bridgehead atoms. The highest BCUT2D eigenvalue weighted by Crippen LogP contribution is 2.33. The number of nitrogens with zero attached hydrogens (tertiary/aromatic N) is 4. The van der Waals surface area contributed by atoms with Crippen molar-refractivity contribution >= 4 is 6.03 Å². The fourth-order valence-electron chi connectivity index (χ4n) is 4.50. The molecule has 0 saturated carbocycles. The summed E-state index contributed by atoms with van der Waals surface area (Å²) in [5, 5.41) is 13.6. The number of fused-ring (bicyclic) bond motifs is 1. The molecule has 8 nitrogen and oxygen atoms in total. The minimum atomic E-state index is -0.269. The van der Waals surface area contributed by atoms with Gasteiger partial charge in [0.2, 0.25) is 5.82 Å². The van der Waals surface area contributed by atoms with Gasteiger partial charge in [-0.25, -0.2) is 4.79 Å². The first kappa shape index (κ1) is 24.3. The van der Waals surface area contributed by atoms with Gasteiger partial charge in [-0.3, -0.25) is 0 Å². The summed E-state index contributed by atoms with van der Waals surface area (Å²) in [6.45, 7) is 5.57. The molecule has 1 aliphatic carbocycles. The molecule has 2 aliphatic rings. The third-order valence-corrected chi connectivity index (χ3v) is 6.19. The number of aryl methyl sites for hydroxylation is 1. The van der Waals surface area contributed by atoms with E-state index >= 15 is 0 Å². The first-order valence-electron chi connectivity index (χ1n) is 12.2. The van der Waals surface area contributed by atoms with Crippen molar-refractivity contribution in [1.82, 2.24) is 15.0 Å². The quantitative estimate of drug-likeness (QED) is 0.563. The van der Waals surface area contributed by atoms with Crippen LogP contribution in [0.3, 0.4) is 0 Å². The van der Waals surface area contributed by atoms with Crippen LogP contribution < -0.4 is 10.5 Å². The Hall–Kier alpha value is -3.86. The number of rotatable bonds is 4. The van der Waals surface area contributed by atoms with Crippen LogP contribution in [0.5, 0.6) is 5.75 Å². The number of benzene rings is 2. The Balaban J connectivity index is 0.000000271. The Kier molecular flexibility index (Phi) is 7.66. The maximum atomic E-state index is 10.5. The van der Waals surface area contributed by atoms with Crippen molar-refractivity contribution in [3.8, 4) is 34.7 Å². The number of primary amides is 1. The monoisotopic (exact) mass is 473 g/mol. The Morgan fingerprint density at radius 2 is 1.94 bits per heavy atom. The predicted molar refractivity (Wildman–Crippen MR) is 133 cm³/mol. The number of amides is 2. The number of aromatic nitrogens is 2. The molecule has 2 N–H and O–H groups in total. The Morgan fingerprint density at radius 1 is 1.14 bits per heavy atom. The number of carbonyl (C=O) groups excluding carboxylic acids is 1. The maximum Gasteiger partial charge on any atom is 0.314 e. The van der Waals surface area contributed by atoms with Crippen molar-refractivity contribution in [2.75, 3.05) is 13.1 Å². The molecule has 1 aromatic heterocycles. The normalized spacial score (nSPS) is 14.6. The lowest BCUT2D eigenvalue weighted by Crippen LogP contribution is -2.39. The number of urea groups is 1. The lowest BCUT2D eigenvalue weighted by molar-refractivity contribution is 0.196. The smallest absolute Gasteiger partial charge is 0.314 e. The number of hydrogen-bond donors (Lipinski definition) is 1. The number of piperidine rings is 1. The van der Waals surface area contributed by atoms with Crippen molar-refractivity contribution in [3.05, 3.63) is 53.1 Å². The third-order valence-electron chi connectivity index (χ3n) is 6.19. The highest BCUT2D eigenvalue weighted by atomic mass is 16.5. The second-order valence-electron chi connectivity index (χ2n) is 9.10. The summed E-state index contributed by atoms with van der Waals surface area (Å²) in [4.78, 5) is 16.8. The highest BCUT2D eigenvalue weighted by Gasteiger charge is 2.20. The summed E-state index contributed by atoms with van der Waals surface area (Å²) in [6.07, 6.45) is 6.80. The molecule has 5 rings (SSSR count). The summed E-state index contributed by atoms with van der Waals surface area (Å²) in [7, 11) is 0. The zero-order chi connectivity index (χ0) is 24.8. The van der Waals surface area contributed by atoms with E-state index in [0.29, 0.717) is 28.6 Å². The van der Waals surface area contributed by atoms with E-state index in [1.54, 1.807) is 17.0 Å². The molecule has 1 fully saturated rings. The van der Waals surface area contributed by atoms with Crippen LogP contribution in [0.2, 0.25) is 0 Å². The van der Waals surface area contributed by atoms with Gasteiger partial charge in [0.25, 0.3) is 5.89 Å². The average Bonchev–Trinajstić information content (AvgIpc) is 3.55. The van der Waals surface area contributed by atoms with Crippen LogP contribution >= 0.6 is 0 Å². The van der Waals surface area contributed by atoms with Crippen molar-refractivity contribution in [3.63, 3.8) is 0 Å². The molecule has 2 heterocycles. The van der Waals surface area contributed by atoms with Gasteiger partial charge < -0.3 is 19.9 Å². The van der Waals surface area contributed by atoms with Gasteiger partial charge in [0.05, 0.1) is 11.7 Å². The van der Waals surface area contributed by atoms with Gasteiger partial charge in [-0.15, -0.1) is 0 Å². The lowest BCUT2D eigenvalue weighted by Gasteiger charge is -2.24. The van der Waals surface area contributed by atoms with E-state index in [9.17, 15) is 10.1 Å². The van der Waals surface area contributed by atoms with Crippen molar-refractivity contribution in [2.24, 2.45) is 5.73 Å². The molecule has 0 unspecified atom stereocenters. The molecule has 8 heteroatoms. The topological polar surface area (TPSA) is 118 Å². The van der Waals surface area contributed by atoms with E-state index in [-0.39, 0.29) is 12.1 Å². The number of nitrogens with two attached hydrogens (primary N) is 1. The third kappa shape index (κ3) is 5.80. The number of likely N-dealkylation sites (tertiary alicyclic amines) is 1. The summed E-state index contributed by atoms with van der Waals surface area (Å²) in [5.41, 5.74) is 9.95. The van der Waals surface area contributed by atoms with E-state index in [1.807, 2.05) is 32.0 Å². The molecule has 2 aromatic carbocycles. The van der Waals surface area contributed by atoms with Gasteiger partial charge in [0.1, 0.15) is 11.8 Å². The number of hydrogen-bond acceptors (Lipinski definition) is 6. The minimum absolute atomic E-state index is 0.00290. The Labute approximate surface area is 205 Å². The summed E-state index contributed by atoms with van der Waals surface area (Å²) < 4.78 is 11.1. The summed E-state index contributed by atoms with van der Waals surface area (Å²) >= 11 is 0. The Morgan fingerprint density at radius 3 is 2.63 bits per heavy atom. The molecular weight excluding hydrogens is 442 g/mol. The molecule has 35 heavy (non-hydrogen) atoms. The number of ether oxygens (including phenoxy) is 1. The molecule has 0 atom stereocenters. The van der Waals surface area contributed by atoms with Crippen LogP contribution in [0.25, 0.3) is 22.8 Å². The van der Waals surface area contributed by atoms with Crippen molar-refractivity contribution in [2.45, 2.75) is 58.5 Å². The van der Waals surface area contributed by atoms with Gasteiger partial charge in [0.15, 0.2) is 0 Å². The summed E-state index contributed by atoms with van der Waals surface area (Å²) in [5.74, 6) is 1.56. The highest BCUT2D eigenvalue weighted by molar-refractivity contribution is 5.72. The fraction of sp³-hybridized carbons (Fsp3) is 0.407. The van der Waals surface area contributed by atoms with E-state index in [0.717, 1.165) is 44.3 Å². The SMILES string of the molecule is CC(C)Oc1ccc(-c2nc(-c3cccc4c3CCC4)no2)cc1C#N.NC(=O)N1CCCCC1. The first-order chi connectivity index (χ1) is 17.0. The van der Waals surface area contributed by atoms with E-state index in [4.69, 9.17) is 15.0 Å². The second-order valence-corrected chi connectivity index (χ2v) is 9.10. The van der Waals surface area contributed by atoms with Gasteiger partial charge in [0, 0.05) is 24.2 Å². The Bertz CT molecular complexity index is 1220. The predicted octanol–water partition coefficient (Wildman–Crippen LogP) is 5.10. The van der Waals surface area contributed by atoms with E-state index in [2.05, 4.69) is 22.3 Å². The average molecular weight is 474 g/mol. The lowest BCUT2D eigenvalue weighted by atomic mass is 10.0. The number of nitriles is 1. The van der Waals surface area contributed by atoms with Crippen LogP contribution in [0.4, 0.5) is 4.79 Å². The van der Waals surface area contributed by atoms with Crippen LogP contribution in [0, 0.1) is 11.3 Å². The van der Waals surface area contributed by atoms with Crippen LogP contribution in [0.1, 0.15) is 56.2 Å². The van der Waals surface area contributed by atoms with Gasteiger partial charge in [-0.05, 0) is 81.7 Å². The van der Waals surface area contributed by atoms with E-state index < -0.39 is 0 Å². The second kappa shape index (κ2) is 11.0. The van der Waals surface area contributed by atoms with Crippen molar-refractivity contribution < 1.29 is 14.1 Å². The molecular formula is C27H31N5O3. The minimum Gasteiger partial charge on any atom is -0.490 e. The first-order valence-corrected chi connectivity index (χ1v) is 12.2. The molecule has 0 radical (unpaired) electrons. The largest absolute Gasteiger partial charge is 0.490 e. The molecule has 0 spiro atoms. The molecule has 1 saturated heterocycles. The van der Waals surface area contributed by atoms with Gasteiger partial charge in [-0.2, -0.15) is 10.2 Å². The van der Waals surface area contributed by atoms with E-state index in [1.165, 1.54) is 24.0 Å². The van der Waals surface area contributed by atoms with Crippen molar-refractivity contribution in [1.29, 1.82) is 5.26 Å². The fourth-order valence-corrected chi connectivity index (χ4v) is 4.50. The standard InChI is InChI=1S/C21H19N3O2.C6H12N2O/c1-13(2)25-19-10-9-15(11-16(19)12-22)21-23-20(24-26-21)18-8-4-6-14-5-3-7-17(14)18;7-6(9)8-4-2-1-3-5-8/h4,6,8-11,13H,3,5,7H2,1-2H3;1-5H2,(H2,7,9). The zero-order valence-corrected chi connectivity index (χ0v) is 20.3. The zero-order valence-electron chi connectivity index (χ0n) is 20.3. The molecule has 2 amide bonds.